The van der Waals surface area contributed by atoms with E-state index in [9.17, 15) is 8.78 Å². The molecule has 0 amide bonds. The van der Waals surface area contributed by atoms with Gasteiger partial charge in [-0.1, -0.05) is 51.7 Å². The number of unbranched alkanes of at least 4 members (excludes halogenated alkanes) is 2. The summed E-state index contributed by atoms with van der Waals surface area (Å²) in [6.07, 6.45) is 15.3. The molecule has 1 aliphatic rings. The van der Waals surface area contributed by atoms with Gasteiger partial charge in [-0.3, -0.25) is 0 Å². The number of rotatable bonds is 11. The van der Waals surface area contributed by atoms with Crippen molar-refractivity contribution in [1.82, 2.24) is 0 Å². The Hall–Kier alpha value is -1.58. The second-order valence-electron chi connectivity index (χ2n) is 7.55. The maximum atomic E-state index is 14.0. The molecule has 1 aromatic carbocycles. The van der Waals surface area contributed by atoms with Crippen molar-refractivity contribution >= 4 is 0 Å². The molecule has 152 valence electrons. The summed E-state index contributed by atoms with van der Waals surface area (Å²) in [5, 5.41) is 0. The molecule has 27 heavy (non-hydrogen) atoms. The molecule has 0 bridgehead atoms. The van der Waals surface area contributed by atoms with Crippen LogP contribution in [0.15, 0.2) is 24.3 Å². The maximum Gasteiger partial charge on any atom is 0.204 e. The fourth-order valence-corrected chi connectivity index (χ4v) is 3.69. The van der Waals surface area contributed by atoms with Gasteiger partial charge in [0, 0.05) is 0 Å². The zero-order chi connectivity index (χ0) is 19.5. The van der Waals surface area contributed by atoms with E-state index in [0.29, 0.717) is 12.5 Å². The third kappa shape index (κ3) is 7.15. The summed E-state index contributed by atoms with van der Waals surface area (Å²) in [5.74, 6) is -0.616. The number of halogens is 2. The van der Waals surface area contributed by atoms with Crippen LogP contribution in [0, 0.1) is 23.5 Å². The standard InChI is InChI=1S/C23H34F2O2/c1-3-5-6-8-18-10-12-19(13-11-18)9-7-17-27-21-15-14-20(26-16-4-2)22(24)23(21)25/h7,9,14-15,18-19H,3-6,8,10-13,16-17H2,1-2H3/b9-7+. The number of benzene rings is 1. The molecule has 0 unspecified atom stereocenters. The van der Waals surface area contributed by atoms with Gasteiger partial charge in [0.25, 0.3) is 0 Å². The minimum absolute atomic E-state index is 0.0621. The summed E-state index contributed by atoms with van der Waals surface area (Å²) >= 11 is 0. The quantitative estimate of drug-likeness (QED) is 0.302. The lowest BCUT2D eigenvalue weighted by atomic mass is 9.79. The number of hydrogen-bond acceptors (Lipinski definition) is 2. The van der Waals surface area contributed by atoms with Crippen molar-refractivity contribution in [3.8, 4) is 11.5 Å². The van der Waals surface area contributed by atoms with Crippen LogP contribution in [0.1, 0.15) is 71.6 Å². The molecule has 1 fully saturated rings. The lowest BCUT2D eigenvalue weighted by Crippen LogP contribution is -2.13. The highest BCUT2D eigenvalue weighted by Crippen LogP contribution is 2.33. The number of ether oxygens (including phenoxy) is 2. The summed E-state index contributed by atoms with van der Waals surface area (Å²) < 4.78 is 38.6. The highest BCUT2D eigenvalue weighted by molar-refractivity contribution is 5.35. The zero-order valence-corrected chi connectivity index (χ0v) is 16.8. The molecule has 0 atom stereocenters. The molecule has 0 heterocycles. The molecule has 0 aliphatic heterocycles. The van der Waals surface area contributed by atoms with E-state index in [4.69, 9.17) is 9.47 Å². The van der Waals surface area contributed by atoms with E-state index in [0.717, 1.165) is 12.3 Å². The van der Waals surface area contributed by atoms with E-state index in [1.807, 2.05) is 13.0 Å². The van der Waals surface area contributed by atoms with E-state index >= 15 is 0 Å². The Morgan fingerprint density at radius 2 is 1.59 bits per heavy atom. The molecule has 2 nitrogen and oxygen atoms in total. The molecule has 0 N–H and O–H groups in total. The molecule has 0 aromatic heterocycles. The van der Waals surface area contributed by atoms with E-state index in [1.165, 1.54) is 63.5 Å². The van der Waals surface area contributed by atoms with Gasteiger partial charge < -0.3 is 9.47 Å². The average molecular weight is 381 g/mol. The van der Waals surface area contributed by atoms with Crippen molar-refractivity contribution in [2.75, 3.05) is 13.2 Å². The van der Waals surface area contributed by atoms with Crippen molar-refractivity contribution in [2.45, 2.75) is 71.6 Å². The van der Waals surface area contributed by atoms with Gasteiger partial charge in [0.1, 0.15) is 6.61 Å². The monoisotopic (exact) mass is 380 g/mol. The third-order valence-corrected chi connectivity index (χ3v) is 5.32. The van der Waals surface area contributed by atoms with Crippen LogP contribution < -0.4 is 9.47 Å². The molecule has 2 rings (SSSR count). The van der Waals surface area contributed by atoms with Gasteiger partial charge in [-0.25, -0.2) is 0 Å². The maximum absolute atomic E-state index is 14.0. The molecule has 1 aromatic rings. The predicted octanol–water partition coefficient (Wildman–Crippen LogP) is 7.08. The highest BCUT2D eigenvalue weighted by atomic mass is 19.2. The van der Waals surface area contributed by atoms with Crippen LogP contribution in [0.3, 0.4) is 0 Å². The van der Waals surface area contributed by atoms with Gasteiger partial charge in [-0.15, -0.1) is 0 Å². The Bertz CT molecular complexity index is 578. The second-order valence-corrected chi connectivity index (χ2v) is 7.55. The van der Waals surface area contributed by atoms with Crippen LogP contribution in [0.2, 0.25) is 0 Å². The number of hydrogen-bond donors (Lipinski definition) is 0. The summed E-state index contributed by atoms with van der Waals surface area (Å²) in [5.41, 5.74) is 0. The first-order valence-electron chi connectivity index (χ1n) is 10.6. The Labute approximate surface area is 162 Å². The molecule has 4 heteroatoms. The fraction of sp³-hybridized carbons (Fsp3) is 0.652. The van der Waals surface area contributed by atoms with E-state index in [1.54, 1.807) is 0 Å². The average Bonchev–Trinajstić information content (AvgIpc) is 2.69. The summed E-state index contributed by atoms with van der Waals surface area (Å²) in [6.45, 7) is 4.78. The van der Waals surface area contributed by atoms with Gasteiger partial charge in [-0.05, 0) is 56.1 Å². The molecular weight excluding hydrogens is 346 g/mol. The van der Waals surface area contributed by atoms with Crippen LogP contribution in [0.4, 0.5) is 8.78 Å². The van der Waals surface area contributed by atoms with Crippen LogP contribution in [0.5, 0.6) is 11.5 Å². The molecule has 0 saturated heterocycles. The molecule has 0 radical (unpaired) electrons. The van der Waals surface area contributed by atoms with Crippen LogP contribution in [-0.4, -0.2) is 13.2 Å². The van der Waals surface area contributed by atoms with Gasteiger partial charge in [0.05, 0.1) is 6.61 Å². The van der Waals surface area contributed by atoms with Gasteiger partial charge in [-0.2, -0.15) is 8.78 Å². The Kier molecular flexibility index (Phi) is 9.65. The Morgan fingerprint density at radius 3 is 2.22 bits per heavy atom. The first kappa shape index (κ1) is 21.7. The third-order valence-electron chi connectivity index (χ3n) is 5.32. The minimum atomic E-state index is -0.982. The second kappa shape index (κ2) is 12.0. The normalized spacial score (nSPS) is 20.1. The van der Waals surface area contributed by atoms with Crippen LogP contribution >= 0.6 is 0 Å². The van der Waals surface area contributed by atoms with Crippen molar-refractivity contribution in [3.63, 3.8) is 0 Å². The summed E-state index contributed by atoms with van der Waals surface area (Å²) in [4.78, 5) is 0. The Morgan fingerprint density at radius 1 is 0.926 bits per heavy atom. The van der Waals surface area contributed by atoms with Crippen LogP contribution in [0.25, 0.3) is 0 Å². The lowest BCUT2D eigenvalue weighted by Gasteiger charge is -2.26. The highest BCUT2D eigenvalue weighted by Gasteiger charge is 2.19. The van der Waals surface area contributed by atoms with Crippen molar-refractivity contribution in [2.24, 2.45) is 11.8 Å². The molecule has 1 aliphatic carbocycles. The largest absolute Gasteiger partial charge is 0.490 e. The Balaban J connectivity index is 1.72. The molecule has 0 spiro atoms. The molecular formula is C23H34F2O2. The van der Waals surface area contributed by atoms with E-state index in [2.05, 4.69) is 13.0 Å². The topological polar surface area (TPSA) is 18.5 Å². The van der Waals surface area contributed by atoms with Crippen LogP contribution in [-0.2, 0) is 0 Å². The fourth-order valence-electron chi connectivity index (χ4n) is 3.69. The first-order chi connectivity index (χ1) is 13.2. The van der Waals surface area contributed by atoms with E-state index < -0.39 is 11.6 Å². The lowest BCUT2D eigenvalue weighted by molar-refractivity contribution is 0.283. The summed E-state index contributed by atoms with van der Waals surface area (Å²) in [7, 11) is 0. The van der Waals surface area contributed by atoms with E-state index in [-0.39, 0.29) is 18.1 Å². The van der Waals surface area contributed by atoms with Crippen molar-refractivity contribution < 1.29 is 18.3 Å². The molecule has 1 saturated carbocycles. The zero-order valence-electron chi connectivity index (χ0n) is 16.8. The SMILES string of the molecule is CCCCCC1CCC(/C=C/COc2ccc(OCCC)c(F)c2F)CC1. The van der Waals surface area contributed by atoms with Gasteiger partial charge in [0.2, 0.25) is 11.6 Å². The minimum Gasteiger partial charge on any atom is -0.490 e. The summed E-state index contributed by atoms with van der Waals surface area (Å²) in [6, 6.07) is 2.85. The number of allylic oxidation sites excluding steroid dienone is 1. The predicted molar refractivity (Wildman–Crippen MR) is 106 cm³/mol. The van der Waals surface area contributed by atoms with Gasteiger partial charge in [0.15, 0.2) is 11.5 Å². The van der Waals surface area contributed by atoms with Crippen molar-refractivity contribution in [1.29, 1.82) is 0 Å². The smallest absolute Gasteiger partial charge is 0.204 e. The van der Waals surface area contributed by atoms with Crippen molar-refractivity contribution in [3.05, 3.63) is 35.9 Å². The first-order valence-corrected chi connectivity index (χ1v) is 10.6. The van der Waals surface area contributed by atoms with Gasteiger partial charge >= 0.3 is 0 Å².